The van der Waals surface area contributed by atoms with Crippen LogP contribution in [0.5, 0.6) is 5.75 Å². The molecule has 1 aliphatic rings. The number of hydrogen-bond donors (Lipinski definition) is 0. The fraction of sp³-hybridized carbons (Fsp3) is 0.0833. The van der Waals surface area contributed by atoms with Gasteiger partial charge in [0.15, 0.2) is 0 Å². The van der Waals surface area contributed by atoms with Crippen LogP contribution in [0.15, 0.2) is 59.5 Å². The number of thioether (sulfide) groups is 1. The predicted molar refractivity (Wildman–Crippen MR) is 151 cm³/mol. The van der Waals surface area contributed by atoms with Crippen molar-refractivity contribution in [1.82, 2.24) is 4.90 Å². The van der Waals surface area contributed by atoms with E-state index >= 15 is 0 Å². The van der Waals surface area contributed by atoms with Crippen LogP contribution in [0.4, 0.5) is 9.18 Å². The number of hydrogen-bond acceptors (Lipinski definition) is 4. The van der Waals surface area contributed by atoms with Gasteiger partial charge in [0.05, 0.1) is 28.6 Å². The molecule has 2 amide bonds. The first-order valence-electron chi connectivity index (χ1n) is 9.77. The molecule has 1 heterocycles. The van der Waals surface area contributed by atoms with Crippen molar-refractivity contribution in [1.29, 1.82) is 0 Å². The van der Waals surface area contributed by atoms with Crippen LogP contribution in [0, 0.1) is 13.0 Å². The Morgan fingerprint density at radius 2 is 1.59 bits per heavy atom. The number of carbonyl (C=O) groups is 2. The van der Waals surface area contributed by atoms with Crippen LogP contribution >= 0.6 is 80.1 Å². The Morgan fingerprint density at radius 3 is 2.24 bits per heavy atom. The molecule has 3 aromatic rings. The van der Waals surface area contributed by atoms with E-state index in [1.165, 1.54) is 12.1 Å². The fourth-order valence-corrected chi connectivity index (χ4v) is 6.43. The summed E-state index contributed by atoms with van der Waals surface area (Å²) in [5.74, 6) is -0.0236. The monoisotopic (exact) mass is 739 g/mol. The van der Waals surface area contributed by atoms with Crippen molar-refractivity contribution >= 4 is 97.4 Å². The highest BCUT2D eigenvalue weighted by atomic mass is 127. The lowest BCUT2D eigenvalue weighted by atomic mass is 10.2. The zero-order valence-electron chi connectivity index (χ0n) is 17.2. The van der Waals surface area contributed by atoms with E-state index in [0.29, 0.717) is 32.9 Å². The van der Waals surface area contributed by atoms with Gasteiger partial charge < -0.3 is 4.74 Å². The van der Waals surface area contributed by atoms with Crippen molar-refractivity contribution in [3.8, 4) is 5.75 Å². The highest BCUT2D eigenvalue weighted by molar-refractivity contribution is 14.1. The first-order chi connectivity index (χ1) is 16.2. The van der Waals surface area contributed by atoms with Crippen molar-refractivity contribution in [2.75, 3.05) is 0 Å². The van der Waals surface area contributed by atoms with Crippen molar-refractivity contribution in [3.05, 3.63) is 99.2 Å². The first-order valence-corrected chi connectivity index (χ1v) is 13.5. The number of carbonyl (C=O) groups excluding carboxylic acids is 2. The normalized spacial score (nSPS) is 14.9. The molecule has 4 nitrogen and oxygen atoms in total. The van der Waals surface area contributed by atoms with Crippen LogP contribution < -0.4 is 4.74 Å². The predicted octanol–water partition coefficient (Wildman–Crippen LogP) is 8.16. The van der Waals surface area contributed by atoms with Gasteiger partial charge in [0.25, 0.3) is 11.1 Å². The molecule has 1 fully saturated rings. The lowest BCUT2D eigenvalue weighted by molar-refractivity contribution is -0.123. The zero-order valence-corrected chi connectivity index (χ0v) is 23.8. The van der Waals surface area contributed by atoms with Crippen LogP contribution in [0.25, 0.3) is 6.08 Å². The van der Waals surface area contributed by atoms with Crippen LogP contribution in [0.2, 0.25) is 10.0 Å². The Balaban J connectivity index is 1.49. The highest BCUT2D eigenvalue weighted by Crippen LogP contribution is 2.36. The summed E-state index contributed by atoms with van der Waals surface area (Å²) in [6, 6.07) is 14.8. The zero-order chi connectivity index (χ0) is 24.4. The fourth-order valence-electron chi connectivity index (χ4n) is 3.15. The van der Waals surface area contributed by atoms with Crippen LogP contribution in [0.1, 0.15) is 16.7 Å². The number of imide groups is 1. The third kappa shape index (κ3) is 6.07. The smallest absolute Gasteiger partial charge is 0.293 e. The van der Waals surface area contributed by atoms with Crippen LogP contribution in [-0.4, -0.2) is 16.0 Å². The van der Waals surface area contributed by atoms with Gasteiger partial charge in [0.1, 0.15) is 18.2 Å². The first kappa shape index (κ1) is 25.7. The highest BCUT2D eigenvalue weighted by Gasteiger charge is 2.35. The molecular formula is C24H14Cl2FI2NO3S. The van der Waals surface area contributed by atoms with E-state index in [4.69, 9.17) is 27.9 Å². The molecule has 34 heavy (non-hydrogen) atoms. The second-order valence-electron chi connectivity index (χ2n) is 7.25. The minimum atomic E-state index is -0.371. The standard InChI is InChI=1S/C24H14Cl2FI2NO3S/c25-17-6-3-14(7-18(17)26)12-33-22-19(28)8-15(9-20(22)29)10-21-23(31)30(24(32)34-21)11-13-1-4-16(27)5-2-13/h1-10H,11-12H2/b21-10-. The van der Waals surface area contributed by atoms with Crippen LogP contribution in [-0.2, 0) is 17.9 Å². The second kappa shape index (κ2) is 11.2. The molecule has 4 rings (SSSR count). The molecule has 10 heteroatoms. The van der Waals surface area contributed by atoms with Crippen molar-refractivity contribution < 1.29 is 18.7 Å². The summed E-state index contributed by atoms with van der Waals surface area (Å²) in [7, 11) is 0. The SMILES string of the molecule is O=C1S/C(=C\c2cc(I)c(OCc3ccc(Cl)c(Cl)c3)c(I)c2)C(=O)N1Cc1ccc(F)cc1. The molecule has 0 atom stereocenters. The van der Waals surface area contributed by atoms with E-state index in [9.17, 15) is 14.0 Å². The van der Waals surface area contributed by atoms with Crippen molar-refractivity contribution in [2.24, 2.45) is 0 Å². The summed E-state index contributed by atoms with van der Waals surface area (Å²) in [5.41, 5.74) is 2.35. The van der Waals surface area contributed by atoms with Gasteiger partial charge in [-0.25, -0.2) is 4.39 Å². The number of ether oxygens (including phenoxy) is 1. The topological polar surface area (TPSA) is 46.6 Å². The number of benzene rings is 3. The molecule has 0 spiro atoms. The maximum absolute atomic E-state index is 13.1. The molecule has 1 saturated heterocycles. The van der Waals surface area contributed by atoms with E-state index in [0.717, 1.165) is 34.9 Å². The van der Waals surface area contributed by atoms with E-state index in [1.807, 2.05) is 18.2 Å². The third-order valence-electron chi connectivity index (χ3n) is 4.81. The molecule has 0 aliphatic carbocycles. The number of nitrogens with zero attached hydrogens (tertiary/aromatic N) is 1. The molecule has 174 valence electrons. The molecule has 0 saturated carbocycles. The van der Waals surface area contributed by atoms with Gasteiger partial charge in [-0.1, -0.05) is 41.4 Å². The minimum Gasteiger partial charge on any atom is -0.487 e. The van der Waals surface area contributed by atoms with E-state index < -0.39 is 0 Å². The Kier molecular flexibility index (Phi) is 8.44. The van der Waals surface area contributed by atoms with Crippen LogP contribution in [0.3, 0.4) is 0 Å². The Labute approximate surface area is 237 Å². The molecule has 0 N–H and O–H groups in total. The number of rotatable bonds is 6. The summed E-state index contributed by atoms with van der Waals surface area (Å²) in [4.78, 5) is 26.8. The lowest BCUT2D eigenvalue weighted by Crippen LogP contribution is -2.27. The van der Waals surface area contributed by atoms with Gasteiger partial charge in [0.2, 0.25) is 0 Å². The maximum atomic E-state index is 13.1. The molecule has 0 unspecified atom stereocenters. The summed E-state index contributed by atoms with van der Waals surface area (Å²) >= 11 is 17.3. The van der Waals surface area contributed by atoms with Gasteiger partial charge >= 0.3 is 0 Å². The summed E-state index contributed by atoms with van der Waals surface area (Å²) < 4.78 is 20.9. The molecule has 0 bridgehead atoms. The van der Waals surface area contributed by atoms with E-state index in [1.54, 1.807) is 30.3 Å². The van der Waals surface area contributed by atoms with Gasteiger partial charge in [0, 0.05) is 0 Å². The summed E-state index contributed by atoms with van der Waals surface area (Å²) in [5, 5.41) is 0.600. The van der Waals surface area contributed by atoms with Gasteiger partial charge in [-0.2, -0.15) is 0 Å². The Hall–Kier alpha value is -1.34. The maximum Gasteiger partial charge on any atom is 0.293 e. The quantitative estimate of drug-likeness (QED) is 0.189. The molecule has 1 aliphatic heterocycles. The summed E-state index contributed by atoms with van der Waals surface area (Å²) in [6.45, 7) is 0.420. The largest absolute Gasteiger partial charge is 0.487 e. The van der Waals surface area contributed by atoms with E-state index in [-0.39, 0.29) is 23.5 Å². The Bertz CT molecular complexity index is 1300. The van der Waals surface area contributed by atoms with Gasteiger partial charge in [-0.3, -0.25) is 14.5 Å². The van der Waals surface area contributed by atoms with Gasteiger partial charge in [-0.15, -0.1) is 0 Å². The second-order valence-corrected chi connectivity index (χ2v) is 11.4. The average molecular weight is 740 g/mol. The number of halogens is 5. The third-order valence-corrected chi connectivity index (χ3v) is 8.06. The molecule has 0 radical (unpaired) electrons. The molecule has 0 aromatic heterocycles. The lowest BCUT2D eigenvalue weighted by Gasteiger charge is -2.13. The van der Waals surface area contributed by atoms with Crippen molar-refractivity contribution in [2.45, 2.75) is 13.2 Å². The summed E-state index contributed by atoms with van der Waals surface area (Å²) in [6.07, 6.45) is 1.70. The average Bonchev–Trinajstić information content (AvgIpc) is 3.04. The minimum absolute atomic E-state index is 0.0961. The number of amides is 2. The Morgan fingerprint density at radius 1 is 0.941 bits per heavy atom. The van der Waals surface area contributed by atoms with E-state index in [2.05, 4.69) is 45.2 Å². The molecule has 3 aromatic carbocycles. The van der Waals surface area contributed by atoms with Crippen molar-refractivity contribution in [3.63, 3.8) is 0 Å². The van der Waals surface area contributed by atoms with Gasteiger partial charge in [-0.05, 0) is 116 Å². The molecular weight excluding hydrogens is 726 g/mol.